The third-order valence-corrected chi connectivity index (χ3v) is 5.73. The zero-order chi connectivity index (χ0) is 16.5. The third kappa shape index (κ3) is 5.05. The minimum atomic E-state index is -3.39. The van der Waals surface area contributed by atoms with Crippen molar-refractivity contribution in [2.45, 2.75) is 23.0 Å². The van der Waals surface area contributed by atoms with Gasteiger partial charge in [-0.1, -0.05) is 60.7 Å². The molecule has 0 fully saturated rings. The number of rotatable bonds is 8. The normalized spacial score (nSPS) is 13.3. The van der Waals surface area contributed by atoms with Crippen molar-refractivity contribution in [1.82, 2.24) is 0 Å². The van der Waals surface area contributed by atoms with Crippen LogP contribution in [0.2, 0.25) is 0 Å². The summed E-state index contributed by atoms with van der Waals surface area (Å²) in [6, 6.07) is 18.3. The Morgan fingerprint density at radius 2 is 1.61 bits per heavy atom. The van der Waals surface area contributed by atoms with E-state index in [4.69, 9.17) is 4.74 Å². The highest BCUT2D eigenvalue weighted by atomic mass is 32.2. The largest absolute Gasteiger partial charge is 0.385 e. The average Bonchev–Trinajstić information content (AvgIpc) is 2.59. The van der Waals surface area contributed by atoms with Crippen molar-refractivity contribution in [2.75, 3.05) is 13.7 Å². The molecular weight excluding hydrogens is 308 g/mol. The molecule has 2 aromatic rings. The topological polar surface area (TPSA) is 43.4 Å². The van der Waals surface area contributed by atoms with E-state index in [0.29, 0.717) is 24.3 Å². The predicted octanol–water partition coefficient (Wildman–Crippen LogP) is 3.97. The van der Waals surface area contributed by atoms with Crippen LogP contribution in [0.4, 0.5) is 0 Å². The van der Waals surface area contributed by atoms with Gasteiger partial charge in [0.25, 0.3) is 0 Å². The Kier molecular flexibility index (Phi) is 6.56. The molecule has 0 aromatic heterocycles. The number of benzene rings is 2. The molecule has 0 amide bonds. The van der Waals surface area contributed by atoms with E-state index < -0.39 is 15.1 Å². The lowest BCUT2D eigenvalue weighted by Crippen LogP contribution is -2.20. The van der Waals surface area contributed by atoms with Crippen molar-refractivity contribution in [2.24, 2.45) is 0 Å². The summed E-state index contributed by atoms with van der Waals surface area (Å²) >= 11 is 0. The van der Waals surface area contributed by atoms with Crippen LogP contribution in [-0.4, -0.2) is 27.4 Å². The molecule has 0 aliphatic heterocycles. The van der Waals surface area contributed by atoms with Crippen LogP contribution in [0.25, 0.3) is 6.08 Å². The molecule has 0 saturated heterocycles. The minimum absolute atomic E-state index is 0.361. The number of ether oxygens (including phenoxy) is 1. The predicted molar refractivity (Wildman–Crippen MR) is 94.0 cm³/mol. The molecule has 0 N–H and O–H groups in total. The van der Waals surface area contributed by atoms with E-state index in [-0.39, 0.29) is 0 Å². The summed E-state index contributed by atoms with van der Waals surface area (Å²) in [5, 5.41) is -0.555. The van der Waals surface area contributed by atoms with E-state index in [9.17, 15) is 8.42 Å². The van der Waals surface area contributed by atoms with Crippen molar-refractivity contribution < 1.29 is 13.2 Å². The molecule has 122 valence electrons. The van der Waals surface area contributed by atoms with Crippen LogP contribution in [0.15, 0.2) is 71.6 Å². The summed E-state index contributed by atoms with van der Waals surface area (Å²) < 4.78 is 30.8. The van der Waals surface area contributed by atoms with Crippen molar-refractivity contribution in [3.8, 4) is 0 Å². The van der Waals surface area contributed by atoms with Crippen molar-refractivity contribution in [1.29, 1.82) is 0 Å². The lowest BCUT2D eigenvalue weighted by Gasteiger charge is -2.14. The standard InChI is InChI=1S/C19H22O3S/c1-22-16-8-13-19(15-14-17-9-4-2-5-10-17)23(20,21)18-11-6-3-7-12-18/h2-7,9-12,14-15,19H,8,13,16H2,1H3/b15-14+/t19-/m0/s1. The second-order valence-electron chi connectivity index (χ2n) is 5.30. The Morgan fingerprint density at radius 3 is 2.22 bits per heavy atom. The van der Waals surface area contributed by atoms with E-state index in [0.717, 1.165) is 5.56 Å². The summed E-state index contributed by atoms with van der Waals surface area (Å²) in [7, 11) is -1.77. The van der Waals surface area contributed by atoms with Crippen molar-refractivity contribution in [3.05, 3.63) is 72.3 Å². The van der Waals surface area contributed by atoms with Gasteiger partial charge in [-0.15, -0.1) is 0 Å². The van der Waals surface area contributed by atoms with Gasteiger partial charge in [0.1, 0.15) is 0 Å². The fourth-order valence-electron chi connectivity index (χ4n) is 2.35. The number of hydrogen-bond acceptors (Lipinski definition) is 3. The van der Waals surface area contributed by atoms with Gasteiger partial charge in [-0.2, -0.15) is 0 Å². The molecular formula is C19H22O3S. The molecule has 2 aromatic carbocycles. The molecule has 0 aliphatic rings. The fourth-order valence-corrected chi connectivity index (χ4v) is 4.00. The molecule has 1 atom stereocenters. The number of sulfone groups is 1. The SMILES string of the molecule is COCCC[C@@H](/C=C/c1ccccc1)S(=O)(=O)c1ccccc1. The molecule has 0 saturated carbocycles. The molecule has 0 spiro atoms. The maximum atomic E-state index is 12.9. The van der Waals surface area contributed by atoms with Gasteiger partial charge >= 0.3 is 0 Å². The number of methoxy groups -OCH3 is 1. The van der Waals surface area contributed by atoms with Crippen molar-refractivity contribution in [3.63, 3.8) is 0 Å². The van der Waals surface area contributed by atoms with Crippen LogP contribution in [0.5, 0.6) is 0 Å². The van der Waals surface area contributed by atoms with Gasteiger partial charge < -0.3 is 4.74 Å². The van der Waals surface area contributed by atoms with E-state index in [1.54, 1.807) is 37.5 Å². The molecule has 0 aliphatic carbocycles. The minimum Gasteiger partial charge on any atom is -0.385 e. The van der Waals surface area contributed by atoms with E-state index in [1.807, 2.05) is 42.5 Å². The molecule has 2 rings (SSSR count). The summed E-state index contributed by atoms with van der Waals surface area (Å²) in [6.45, 7) is 0.556. The van der Waals surface area contributed by atoms with Crippen LogP contribution in [0.3, 0.4) is 0 Å². The van der Waals surface area contributed by atoms with Crippen LogP contribution in [-0.2, 0) is 14.6 Å². The smallest absolute Gasteiger partial charge is 0.184 e. The fraction of sp³-hybridized carbons (Fsp3) is 0.263. The quantitative estimate of drug-likeness (QED) is 0.688. The van der Waals surface area contributed by atoms with Gasteiger partial charge in [0.05, 0.1) is 10.1 Å². The highest BCUT2D eigenvalue weighted by Crippen LogP contribution is 2.21. The average molecular weight is 330 g/mol. The zero-order valence-corrected chi connectivity index (χ0v) is 14.1. The molecule has 0 heterocycles. The molecule has 0 unspecified atom stereocenters. The van der Waals surface area contributed by atoms with Gasteiger partial charge in [-0.3, -0.25) is 0 Å². The van der Waals surface area contributed by atoms with Crippen LogP contribution in [0.1, 0.15) is 18.4 Å². The third-order valence-electron chi connectivity index (χ3n) is 3.61. The lowest BCUT2D eigenvalue weighted by molar-refractivity contribution is 0.193. The molecule has 0 bridgehead atoms. The van der Waals surface area contributed by atoms with E-state index in [1.165, 1.54) is 0 Å². The Labute approximate surface area is 138 Å². The van der Waals surface area contributed by atoms with Gasteiger partial charge in [0.2, 0.25) is 0 Å². The highest BCUT2D eigenvalue weighted by Gasteiger charge is 2.24. The first-order chi connectivity index (χ1) is 11.1. The first-order valence-electron chi connectivity index (χ1n) is 7.66. The van der Waals surface area contributed by atoms with Crippen LogP contribution in [0, 0.1) is 0 Å². The Hall–Kier alpha value is -1.91. The summed E-state index contributed by atoms with van der Waals surface area (Å²) in [4.78, 5) is 0.361. The van der Waals surface area contributed by atoms with Crippen molar-refractivity contribution >= 4 is 15.9 Å². The van der Waals surface area contributed by atoms with Crippen LogP contribution >= 0.6 is 0 Å². The van der Waals surface area contributed by atoms with Gasteiger partial charge in [-0.25, -0.2) is 8.42 Å². The maximum absolute atomic E-state index is 12.9. The zero-order valence-electron chi connectivity index (χ0n) is 13.3. The first kappa shape index (κ1) is 17.4. The summed E-state index contributed by atoms with van der Waals surface area (Å²) in [6.07, 6.45) is 4.89. The highest BCUT2D eigenvalue weighted by molar-refractivity contribution is 7.92. The Bertz CT molecular complexity index is 707. The maximum Gasteiger partial charge on any atom is 0.184 e. The Morgan fingerprint density at radius 1 is 1.00 bits per heavy atom. The van der Waals surface area contributed by atoms with E-state index in [2.05, 4.69) is 0 Å². The Balaban J connectivity index is 2.25. The lowest BCUT2D eigenvalue weighted by atomic mass is 10.1. The summed E-state index contributed by atoms with van der Waals surface area (Å²) in [5.74, 6) is 0. The number of hydrogen-bond donors (Lipinski definition) is 0. The second kappa shape index (κ2) is 8.65. The van der Waals surface area contributed by atoms with Gasteiger partial charge in [0, 0.05) is 13.7 Å². The monoisotopic (exact) mass is 330 g/mol. The molecule has 23 heavy (non-hydrogen) atoms. The van der Waals surface area contributed by atoms with E-state index >= 15 is 0 Å². The first-order valence-corrected chi connectivity index (χ1v) is 9.20. The second-order valence-corrected chi connectivity index (χ2v) is 7.47. The van der Waals surface area contributed by atoms with Crippen LogP contribution < -0.4 is 0 Å². The molecule has 0 radical (unpaired) electrons. The van der Waals surface area contributed by atoms with Gasteiger partial charge in [-0.05, 0) is 30.5 Å². The summed E-state index contributed by atoms with van der Waals surface area (Å²) in [5.41, 5.74) is 0.993. The van der Waals surface area contributed by atoms with Gasteiger partial charge in [0.15, 0.2) is 9.84 Å². The molecule has 3 nitrogen and oxygen atoms in total. The molecule has 4 heteroatoms.